The number of methoxy groups -OCH3 is 2. The van der Waals surface area contributed by atoms with Crippen molar-refractivity contribution in [2.45, 2.75) is 6.61 Å². The molecule has 0 saturated carbocycles. The van der Waals surface area contributed by atoms with Gasteiger partial charge in [0.05, 0.1) is 27.4 Å². The van der Waals surface area contributed by atoms with Crippen LogP contribution >= 0.6 is 0 Å². The van der Waals surface area contributed by atoms with E-state index in [0.29, 0.717) is 24.7 Å². The zero-order valence-corrected chi connectivity index (χ0v) is 13.8. The van der Waals surface area contributed by atoms with Crippen molar-refractivity contribution in [2.75, 3.05) is 27.6 Å². The molecule has 0 radical (unpaired) electrons. The molecule has 3 rings (SSSR count). The first-order valence-corrected chi connectivity index (χ1v) is 7.65. The number of benzene rings is 2. The molecule has 0 aromatic heterocycles. The predicted octanol–water partition coefficient (Wildman–Crippen LogP) is 3.66. The van der Waals surface area contributed by atoms with Gasteiger partial charge in [0, 0.05) is 0 Å². The molecule has 0 N–H and O–H groups in total. The Morgan fingerprint density at radius 2 is 1.79 bits per heavy atom. The normalized spacial score (nSPS) is 12.6. The maximum absolute atomic E-state index is 5.67. The molecule has 2 aromatic carbocycles. The van der Waals surface area contributed by atoms with E-state index in [1.807, 2.05) is 48.6 Å². The smallest absolute Gasteiger partial charge is 0.231 e. The van der Waals surface area contributed by atoms with Crippen LogP contribution in [0.3, 0.4) is 0 Å². The van der Waals surface area contributed by atoms with Gasteiger partial charge in [-0.3, -0.25) is 0 Å². The van der Waals surface area contributed by atoms with Crippen molar-refractivity contribution < 1.29 is 23.7 Å². The predicted molar refractivity (Wildman–Crippen MR) is 90.8 cm³/mol. The maximum atomic E-state index is 5.67. The standard InChI is InChI=1S/C19H20O5/c1-20-16-7-6-15(11-18(16)21-2)12-22-9-3-4-14-5-8-17-19(10-14)24-13-23-17/h3-8,10-11H,9,12-13H2,1-2H3/b4-3+. The van der Waals surface area contributed by atoms with Gasteiger partial charge in [0.2, 0.25) is 6.79 Å². The quantitative estimate of drug-likeness (QED) is 0.726. The highest BCUT2D eigenvalue weighted by molar-refractivity contribution is 5.56. The lowest BCUT2D eigenvalue weighted by Crippen LogP contribution is -1.96. The summed E-state index contributed by atoms with van der Waals surface area (Å²) in [5, 5.41) is 0. The third-order valence-electron chi connectivity index (χ3n) is 3.64. The lowest BCUT2D eigenvalue weighted by atomic mass is 10.2. The monoisotopic (exact) mass is 328 g/mol. The van der Waals surface area contributed by atoms with E-state index >= 15 is 0 Å². The van der Waals surface area contributed by atoms with Gasteiger partial charge in [0.25, 0.3) is 0 Å². The molecule has 0 spiro atoms. The average molecular weight is 328 g/mol. The number of hydrogen-bond donors (Lipinski definition) is 0. The minimum Gasteiger partial charge on any atom is -0.493 e. The fourth-order valence-corrected chi connectivity index (χ4v) is 2.42. The molecule has 1 heterocycles. The third kappa shape index (κ3) is 3.81. The highest BCUT2D eigenvalue weighted by Gasteiger charge is 2.12. The van der Waals surface area contributed by atoms with Crippen molar-refractivity contribution in [2.24, 2.45) is 0 Å². The molecular formula is C19H20O5. The van der Waals surface area contributed by atoms with Crippen molar-refractivity contribution in [1.29, 1.82) is 0 Å². The minimum atomic E-state index is 0.289. The summed E-state index contributed by atoms with van der Waals surface area (Å²) in [4.78, 5) is 0. The van der Waals surface area contributed by atoms with Crippen LogP contribution in [0, 0.1) is 0 Å². The number of fused-ring (bicyclic) bond motifs is 1. The summed E-state index contributed by atoms with van der Waals surface area (Å²) in [5.74, 6) is 2.98. The van der Waals surface area contributed by atoms with E-state index in [9.17, 15) is 0 Å². The number of ether oxygens (including phenoxy) is 5. The zero-order valence-electron chi connectivity index (χ0n) is 13.8. The van der Waals surface area contributed by atoms with E-state index in [2.05, 4.69) is 0 Å². The molecule has 1 aliphatic heterocycles. The Morgan fingerprint density at radius 3 is 2.62 bits per heavy atom. The Hall–Kier alpha value is -2.66. The van der Waals surface area contributed by atoms with Gasteiger partial charge in [0.15, 0.2) is 23.0 Å². The van der Waals surface area contributed by atoms with Gasteiger partial charge in [0.1, 0.15) is 0 Å². The van der Waals surface area contributed by atoms with E-state index in [1.54, 1.807) is 14.2 Å². The van der Waals surface area contributed by atoms with Crippen LogP contribution in [-0.2, 0) is 11.3 Å². The average Bonchev–Trinajstić information content (AvgIpc) is 3.09. The maximum Gasteiger partial charge on any atom is 0.231 e. The first kappa shape index (κ1) is 16.2. The van der Waals surface area contributed by atoms with Crippen molar-refractivity contribution in [3.63, 3.8) is 0 Å². The second kappa shape index (κ2) is 7.75. The highest BCUT2D eigenvalue weighted by atomic mass is 16.7. The molecular weight excluding hydrogens is 308 g/mol. The lowest BCUT2D eigenvalue weighted by Gasteiger charge is -2.09. The molecule has 0 bridgehead atoms. The Labute approximate surface area is 141 Å². The molecule has 0 aliphatic carbocycles. The minimum absolute atomic E-state index is 0.289. The van der Waals surface area contributed by atoms with Crippen LogP contribution in [0.5, 0.6) is 23.0 Å². The van der Waals surface area contributed by atoms with E-state index < -0.39 is 0 Å². The Kier molecular flexibility index (Phi) is 5.23. The van der Waals surface area contributed by atoms with Crippen LogP contribution in [0.4, 0.5) is 0 Å². The summed E-state index contributed by atoms with van der Waals surface area (Å²) in [5.41, 5.74) is 2.08. The first-order valence-electron chi connectivity index (χ1n) is 7.65. The SMILES string of the molecule is COc1ccc(COC/C=C/c2ccc3c(c2)OCO3)cc1OC. The van der Waals surface area contributed by atoms with E-state index in [4.69, 9.17) is 23.7 Å². The molecule has 2 aromatic rings. The first-order chi connectivity index (χ1) is 11.8. The van der Waals surface area contributed by atoms with Crippen LogP contribution < -0.4 is 18.9 Å². The van der Waals surface area contributed by atoms with Crippen LogP contribution in [0.25, 0.3) is 6.08 Å². The topological polar surface area (TPSA) is 46.2 Å². The summed E-state index contributed by atoms with van der Waals surface area (Å²) >= 11 is 0. The summed E-state index contributed by atoms with van der Waals surface area (Å²) in [6.45, 7) is 1.31. The molecule has 5 nitrogen and oxygen atoms in total. The molecule has 126 valence electrons. The van der Waals surface area contributed by atoms with Gasteiger partial charge in [-0.05, 0) is 35.4 Å². The van der Waals surface area contributed by atoms with Crippen molar-refractivity contribution in [3.8, 4) is 23.0 Å². The van der Waals surface area contributed by atoms with Gasteiger partial charge in [-0.25, -0.2) is 0 Å². The summed E-state index contributed by atoms with van der Waals surface area (Å²) < 4.78 is 26.8. The number of rotatable bonds is 7. The molecule has 5 heteroatoms. The Morgan fingerprint density at radius 1 is 0.958 bits per heavy atom. The fourth-order valence-electron chi connectivity index (χ4n) is 2.42. The molecule has 0 atom stereocenters. The Bertz CT molecular complexity index is 724. The van der Waals surface area contributed by atoms with Gasteiger partial charge >= 0.3 is 0 Å². The largest absolute Gasteiger partial charge is 0.493 e. The molecule has 0 saturated heterocycles. The van der Waals surface area contributed by atoms with E-state index in [-0.39, 0.29) is 6.79 Å². The van der Waals surface area contributed by atoms with Crippen molar-refractivity contribution >= 4 is 6.08 Å². The van der Waals surface area contributed by atoms with Gasteiger partial charge in [-0.15, -0.1) is 0 Å². The molecule has 0 unspecified atom stereocenters. The second-order valence-electron chi connectivity index (χ2n) is 5.22. The van der Waals surface area contributed by atoms with Crippen LogP contribution in [0.15, 0.2) is 42.5 Å². The number of hydrogen-bond acceptors (Lipinski definition) is 5. The molecule has 24 heavy (non-hydrogen) atoms. The zero-order chi connectivity index (χ0) is 16.8. The van der Waals surface area contributed by atoms with Crippen LogP contribution in [-0.4, -0.2) is 27.6 Å². The summed E-state index contributed by atoms with van der Waals surface area (Å²) in [7, 11) is 3.24. The van der Waals surface area contributed by atoms with E-state index in [0.717, 1.165) is 22.6 Å². The van der Waals surface area contributed by atoms with Crippen LogP contribution in [0.2, 0.25) is 0 Å². The van der Waals surface area contributed by atoms with Gasteiger partial charge in [-0.1, -0.05) is 24.3 Å². The van der Waals surface area contributed by atoms with Crippen molar-refractivity contribution in [3.05, 3.63) is 53.6 Å². The van der Waals surface area contributed by atoms with Crippen LogP contribution in [0.1, 0.15) is 11.1 Å². The molecule has 1 aliphatic rings. The highest BCUT2D eigenvalue weighted by Crippen LogP contribution is 2.32. The molecule has 0 fully saturated rings. The molecule has 0 amide bonds. The van der Waals surface area contributed by atoms with Gasteiger partial charge < -0.3 is 23.7 Å². The fraction of sp³-hybridized carbons (Fsp3) is 0.263. The van der Waals surface area contributed by atoms with Gasteiger partial charge in [-0.2, -0.15) is 0 Å². The lowest BCUT2D eigenvalue weighted by molar-refractivity contribution is 0.149. The third-order valence-corrected chi connectivity index (χ3v) is 3.64. The second-order valence-corrected chi connectivity index (χ2v) is 5.22. The van der Waals surface area contributed by atoms with E-state index in [1.165, 1.54) is 0 Å². The van der Waals surface area contributed by atoms with Crippen molar-refractivity contribution in [1.82, 2.24) is 0 Å². The Balaban J connectivity index is 1.50. The summed E-state index contributed by atoms with van der Waals surface area (Å²) in [6.07, 6.45) is 3.97. The summed E-state index contributed by atoms with van der Waals surface area (Å²) in [6, 6.07) is 11.6.